The molecule has 0 saturated carbocycles. The number of nitrogens with one attached hydrogen (secondary N) is 2. The number of aromatic nitrogens is 3. The van der Waals surface area contributed by atoms with Crippen LogP contribution in [0.15, 0.2) is 47.6 Å². The molecule has 0 bridgehead atoms. The molecule has 1 atom stereocenters. The summed E-state index contributed by atoms with van der Waals surface area (Å²) in [6.07, 6.45) is 0.668. The number of aryl methyl sites for hydroxylation is 1. The highest BCUT2D eigenvalue weighted by molar-refractivity contribution is 7.99. The van der Waals surface area contributed by atoms with Crippen molar-refractivity contribution in [2.45, 2.75) is 38.4 Å². The highest BCUT2D eigenvalue weighted by atomic mass is 35.5. The van der Waals surface area contributed by atoms with Gasteiger partial charge in [-0.1, -0.05) is 67.0 Å². The number of hydrogen-bond acceptors (Lipinski definition) is 5. The first kappa shape index (κ1) is 26.1. The molecule has 34 heavy (non-hydrogen) atoms. The van der Waals surface area contributed by atoms with Crippen molar-refractivity contribution >= 4 is 52.5 Å². The Bertz CT molecular complexity index is 1180. The predicted octanol–water partition coefficient (Wildman–Crippen LogP) is 5.68. The van der Waals surface area contributed by atoms with Crippen LogP contribution < -0.4 is 10.6 Å². The summed E-state index contributed by atoms with van der Waals surface area (Å²) >= 11 is 13.5. The number of carbonyl (C=O) groups excluding carboxylic acids is 2. The molecule has 0 aliphatic carbocycles. The summed E-state index contributed by atoms with van der Waals surface area (Å²) in [6, 6.07) is 11.9. The highest BCUT2D eigenvalue weighted by Crippen LogP contribution is 2.26. The molecule has 10 heteroatoms. The average molecular weight is 520 g/mol. The van der Waals surface area contributed by atoms with Gasteiger partial charge in [0.15, 0.2) is 11.0 Å². The van der Waals surface area contributed by atoms with Gasteiger partial charge in [0.2, 0.25) is 5.91 Å². The quantitative estimate of drug-likeness (QED) is 0.355. The predicted molar refractivity (Wildman–Crippen MR) is 138 cm³/mol. The SMILES string of the molecule is Cc1ccc(Cl)cc1NC(=O)CSc1nnc([C@H](CC(C)C)NC(=O)c2ccccc2Cl)n1C. The zero-order valence-corrected chi connectivity index (χ0v) is 21.8. The van der Waals surface area contributed by atoms with E-state index in [0.29, 0.717) is 44.6 Å². The smallest absolute Gasteiger partial charge is 0.253 e. The molecule has 0 aliphatic heterocycles. The third kappa shape index (κ3) is 6.74. The Morgan fingerprint density at radius 1 is 1.12 bits per heavy atom. The Morgan fingerprint density at radius 2 is 1.85 bits per heavy atom. The van der Waals surface area contributed by atoms with E-state index in [4.69, 9.17) is 23.2 Å². The van der Waals surface area contributed by atoms with Crippen LogP contribution in [0.2, 0.25) is 10.0 Å². The van der Waals surface area contributed by atoms with E-state index in [1.165, 1.54) is 11.8 Å². The van der Waals surface area contributed by atoms with Gasteiger partial charge in [0.25, 0.3) is 5.91 Å². The van der Waals surface area contributed by atoms with Crippen molar-refractivity contribution in [3.8, 4) is 0 Å². The van der Waals surface area contributed by atoms with Gasteiger partial charge < -0.3 is 15.2 Å². The minimum Gasteiger partial charge on any atom is -0.342 e. The standard InChI is InChI=1S/C24H27Cl2N5O2S/c1-14(2)11-20(28-23(33)17-7-5-6-8-18(17)26)22-29-30-24(31(22)4)34-13-21(32)27-19-12-16(25)10-9-15(19)3/h5-10,12,14,20H,11,13H2,1-4H3,(H,27,32)(H,28,33)/t20-/m0/s1. The highest BCUT2D eigenvalue weighted by Gasteiger charge is 2.24. The Morgan fingerprint density at radius 3 is 2.56 bits per heavy atom. The van der Waals surface area contributed by atoms with Crippen LogP contribution in [0.4, 0.5) is 5.69 Å². The third-order valence-electron chi connectivity index (χ3n) is 5.12. The summed E-state index contributed by atoms with van der Waals surface area (Å²) in [5, 5.41) is 16.0. The first-order chi connectivity index (χ1) is 16.2. The first-order valence-corrected chi connectivity index (χ1v) is 12.5. The van der Waals surface area contributed by atoms with E-state index in [0.717, 1.165) is 5.56 Å². The van der Waals surface area contributed by atoms with Crippen molar-refractivity contribution in [1.29, 1.82) is 0 Å². The van der Waals surface area contributed by atoms with Gasteiger partial charge in [-0.25, -0.2) is 0 Å². The lowest BCUT2D eigenvalue weighted by atomic mass is 10.0. The number of thioether (sulfide) groups is 1. The number of hydrogen-bond donors (Lipinski definition) is 2. The van der Waals surface area contributed by atoms with Crippen LogP contribution in [0.25, 0.3) is 0 Å². The van der Waals surface area contributed by atoms with Gasteiger partial charge in [0.1, 0.15) is 0 Å². The van der Waals surface area contributed by atoms with Crippen LogP contribution in [0, 0.1) is 12.8 Å². The fourth-order valence-electron chi connectivity index (χ4n) is 3.38. The first-order valence-electron chi connectivity index (χ1n) is 10.8. The molecule has 3 aromatic rings. The number of anilines is 1. The number of carbonyl (C=O) groups is 2. The van der Waals surface area contributed by atoms with Gasteiger partial charge in [-0.05, 0) is 49.1 Å². The lowest BCUT2D eigenvalue weighted by Gasteiger charge is -2.20. The Balaban J connectivity index is 1.70. The average Bonchev–Trinajstić information content (AvgIpc) is 3.14. The van der Waals surface area contributed by atoms with Gasteiger partial charge in [0.05, 0.1) is 22.4 Å². The monoisotopic (exact) mass is 519 g/mol. The maximum absolute atomic E-state index is 12.9. The molecule has 180 valence electrons. The van der Waals surface area contributed by atoms with Crippen LogP contribution in [0.1, 0.15) is 48.1 Å². The molecule has 0 saturated heterocycles. The maximum atomic E-state index is 12.9. The number of amides is 2. The fourth-order valence-corrected chi connectivity index (χ4v) is 4.49. The van der Waals surface area contributed by atoms with E-state index >= 15 is 0 Å². The molecule has 1 heterocycles. The molecule has 0 radical (unpaired) electrons. The zero-order chi connectivity index (χ0) is 24.8. The van der Waals surface area contributed by atoms with E-state index in [9.17, 15) is 9.59 Å². The lowest BCUT2D eigenvalue weighted by molar-refractivity contribution is -0.113. The normalized spacial score (nSPS) is 12.0. The molecule has 1 aromatic heterocycles. The molecule has 7 nitrogen and oxygen atoms in total. The van der Waals surface area contributed by atoms with Crippen molar-refractivity contribution in [2.24, 2.45) is 13.0 Å². The third-order valence-corrected chi connectivity index (χ3v) is 6.70. The van der Waals surface area contributed by atoms with Crippen molar-refractivity contribution in [3.63, 3.8) is 0 Å². The van der Waals surface area contributed by atoms with Crippen LogP contribution in [-0.4, -0.2) is 32.3 Å². The Labute approximate surface area is 213 Å². The van der Waals surface area contributed by atoms with E-state index in [1.807, 2.05) is 24.6 Å². The second kappa shape index (κ2) is 11.7. The number of rotatable bonds is 9. The number of halogens is 2. The van der Waals surface area contributed by atoms with Crippen molar-refractivity contribution in [2.75, 3.05) is 11.1 Å². The Hall–Kier alpha value is -2.55. The summed E-state index contributed by atoms with van der Waals surface area (Å²) in [6.45, 7) is 6.05. The molecule has 0 unspecified atom stereocenters. The van der Waals surface area contributed by atoms with Crippen molar-refractivity contribution in [3.05, 3.63) is 69.5 Å². The molecule has 2 amide bonds. The van der Waals surface area contributed by atoms with Crippen molar-refractivity contribution < 1.29 is 9.59 Å². The van der Waals surface area contributed by atoms with E-state index in [-0.39, 0.29) is 23.6 Å². The second-order valence-corrected chi connectivity index (χ2v) is 10.1. The molecule has 0 fully saturated rings. The fraction of sp³-hybridized carbons (Fsp3) is 0.333. The molecular weight excluding hydrogens is 493 g/mol. The number of nitrogens with zero attached hydrogens (tertiary/aromatic N) is 3. The maximum Gasteiger partial charge on any atom is 0.253 e. The van der Waals surface area contributed by atoms with Crippen LogP contribution in [-0.2, 0) is 11.8 Å². The summed E-state index contributed by atoms with van der Waals surface area (Å²) in [5.41, 5.74) is 2.01. The van der Waals surface area contributed by atoms with Gasteiger partial charge in [0, 0.05) is 17.8 Å². The van der Waals surface area contributed by atoms with Gasteiger partial charge >= 0.3 is 0 Å². The van der Waals surface area contributed by atoms with Crippen LogP contribution >= 0.6 is 35.0 Å². The minimum absolute atomic E-state index is 0.152. The number of benzene rings is 2. The van der Waals surface area contributed by atoms with Crippen LogP contribution in [0.5, 0.6) is 0 Å². The topological polar surface area (TPSA) is 88.9 Å². The summed E-state index contributed by atoms with van der Waals surface area (Å²) in [5.74, 6) is 0.618. The molecular formula is C24H27Cl2N5O2S. The second-order valence-electron chi connectivity index (χ2n) is 8.33. The summed E-state index contributed by atoms with van der Waals surface area (Å²) in [7, 11) is 1.83. The summed E-state index contributed by atoms with van der Waals surface area (Å²) in [4.78, 5) is 25.3. The van der Waals surface area contributed by atoms with E-state index in [2.05, 4.69) is 34.7 Å². The Kier molecular flexibility index (Phi) is 8.99. The van der Waals surface area contributed by atoms with Crippen LogP contribution in [0.3, 0.4) is 0 Å². The summed E-state index contributed by atoms with van der Waals surface area (Å²) < 4.78 is 1.81. The molecule has 0 aliphatic rings. The van der Waals surface area contributed by atoms with E-state index in [1.54, 1.807) is 36.4 Å². The molecule has 2 aromatic carbocycles. The van der Waals surface area contributed by atoms with Gasteiger partial charge in [-0.2, -0.15) is 0 Å². The van der Waals surface area contributed by atoms with Gasteiger partial charge in [-0.3, -0.25) is 9.59 Å². The van der Waals surface area contributed by atoms with Gasteiger partial charge in [-0.15, -0.1) is 10.2 Å². The molecule has 2 N–H and O–H groups in total. The van der Waals surface area contributed by atoms with Crippen molar-refractivity contribution in [1.82, 2.24) is 20.1 Å². The molecule has 0 spiro atoms. The minimum atomic E-state index is -0.362. The molecule has 3 rings (SSSR count). The van der Waals surface area contributed by atoms with E-state index < -0.39 is 0 Å². The lowest BCUT2D eigenvalue weighted by Crippen LogP contribution is -2.31. The largest absolute Gasteiger partial charge is 0.342 e. The zero-order valence-electron chi connectivity index (χ0n) is 19.4.